The van der Waals surface area contributed by atoms with Crippen molar-refractivity contribution in [2.45, 2.75) is 24.6 Å². The van der Waals surface area contributed by atoms with Gasteiger partial charge in [0.05, 0.1) is 0 Å². The molecule has 2 atom stereocenters. The van der Waals surface area contributed by atoms with Gasteiger partial charge in [-0.15, -0.1) is 11.6 Å². The van der Waals surface area contributed by atoms with Gasteiger partial charge in [-0.3, -0.25) is 4.79 Å². The van der Waals surface area contributed by atoms with Gasteiger partial charge in [0.2, 0.25) is 0 Å². The third-order valence-electron chi connectivity index (χ3n) is 3.05. The molecule has 2 rings (SSSR count). The number of alkyl halides is 1. The van der Waals surface area contributed by atoms with Gasteiger partial charge in [0, 0.05) is 31.4 Å². The number of hydrogen-bond donors (Lipinski definition) is 1. The summed E-state index contributed by atoms with van der Waals surface area (Å²) in [6.07, 6.45) is 6.52. The van der Waals surface area contributed by atoms with Crippen molar-refractivity contribution in [3.05, 3.63) is 22.7 Å². The third kappa shape index (κ3) is 2.55. The lowest BCUT2D eigenvalue weighted by Gasteiger charge is -2.11. The first kappa shape index (κ1) is 11.5. The number of nitrogens with one attached hydrogen (secondary N) is 1. The zero-order valence-electron chi connectivity index (χ0n) is 9.32. The first-order chi connectivity index (χ1) is 7.66. The fraction of sp³-hybridized carbons (Fsp3) is 0.636. The SMILES string of the molecule is Cn1ccnc(NCC2CCC(Cl)C2)c1=O. The zero-order chi connectivity index (χ0) is 11.5. The van der Waals surface area contributed by atoms with Crippen LogP contribution < -0.4 is 10.9 Å². The van der Waals surface area contributed by atoms with Gasteiger partial charge >= 0.3 is 0 Å². The Hall–Kier alpha value is -1.03. The number of halogens is 1. The van der Waals surface area contributed by atoms with Gasteiger partial charge in [-0.1, -0.05) is 0 Å². The van der Waals surface area contributed by atoms with Gasteiger partial charge in [0.25, 0.3) is 5.56 Å². The molecule has 1 fully saturated rings. The minimum absolute atomic E-state index is 0.0806. The Bertz CT molecular complexity index is 418. The van der Waals surface area contributed by atoms with Crippen LogP contribution in [0.2, 0.25) is 0 Å². The van der Waals surface area contributed by atoms with Gasteiger partial charge < -0.3 is 9.88 Å². The Kier molecular flexibility index (Phi) is 3.49. The molecule has 1 heterocycles. The highest BCUT2D eigenvalue weighted by Gasteiger charge is 2.22. The number of anilines is 1. The van der Waals surface area contributed by atoms with E-state index in [2.05, 4.69) is 10.3 Å². The highest BCUT2D eigenvalue weighted by atomic mass is 35.5. The van der Waals surface area contributed by atoms with E-state index in [0.717, 1.165) is 25.8 Å². The molecule has 1 saturated carbocycles. The Morgan fingerprint density at radius 1 is 1.62 bits per heavy atom. The highest BCUT2D eigenvalue weighted by molar-refractivity contribution is 6.20. The second-order valence-electron chi connectivity index (χ2n) is 4.35. The van der Waals surface area contributed by atoms with Crippen molar-refractivity contribution in [1.82, 2.24) is 9.55 Å². The molecule has 4 nitrogen and oxygen atoms in total. The molecule has 88 valence electrons. The summed E-state index contributed by atoms with van der Waals surface area (Å²) in [6, 6.07) is 0. The molecule has 0 amide bonds. The van der Waals surface area contributed by atoms with Crippen molar-refractivity contribution in [3.63, 3.8) is 0 Å². The summed E-state index contributed by atoms with van der Waals surface area (Å²) < 4.78 is 1.52. The van der Waals surface area contributed by atoms with Crippen LogP contribution in [0.25, 0.3) is 0 Å². The molecule has 1 aliphatic carbocycles. The summed E-state index contributed by atoms with van der Waals surface area (Å²) in [5.41, 5.74) is -0.0806. The average Bonchev–Trinajstić information content (AvgIpc) is 2.67. The van der Waals surface area contributed by atoms with E-state index in [0.29, 0.717) is 17.1 Å². The summed E-state index contributed by atoms with van der Waals surface area (Å²) in [5, 5.41) is 3.42. The largest absolute Gasteiger partial charge is 0.365 e. The van der Waals surface area contributed by atoms with Crippen LogP contribution in [0.3, 0.4) is 0 Å². The first-order valence-corrected chi connectivity index (χ1v) is 6.00. The summed E-state index contributed by atoms with van der Waals surface area (Å²) in [4.78, 5) is 15.7. The normalized spacial score (nSPS) is 24.6. The Morgan fingerprint density at radius 2 is 2.44 bits per heavy atom. The Labute approximate surface area is 99.6 Å². The van der Waals surface area contributed by atoms with Crippen molar-refractivity contribution >= 4 is 17.4 Å². The van der Waals surface area contributed by atoms with E-state index in [-0.39, 0.29) is 5.56 Å². The van der Waals surface area contributed by atoms with Crippen LogP contribution in [0.5, 0.6) is 0 Å². The van der Waals surface area contributed by atoms with E-state index in [1.54, 1.807) is 19.4 Å². The van der Waals surface area contributed by atoms with Crippen LogP contribution in [0, 0.1) is 5.92 Å². The molecule has 1 aromatic rings. The number of aromatic nitrogens is 2. The van der Waals surface area contributed by atoms with E-state index >= 15 is 0 Å². The van der Waals surface area contributed by atoms with E-state index in [1.165, 1.54) is 4.57 Å². The van der Waals surface area contributed by atoms with Crippen LogP contribution in [0.4, 0.5) is 5.82 Å². The van der Waals surface area contributed by atoms with Crippen molar-refractivity contribution < 1.29 is 0 Å². The topological polar surface area (TPSA) is 46.9 Å². The number of rotatable bonds is 3. The first-order valence-electron chi connectivity index (χ1n) is 5.56. The lowest BCUT2D eigenvalue weighted by molar-refractivity contribution is 0.578. The van der Waals surface area contributed by atoms with E-state index in [9.17, 15) is 4.79 Å². The van der Waals surface area contributed by atoms with E-state index < -0.39 is 0 Å². The van der Waals surface area contributed by atoms with Crippen LogP contribution in [0.1, 0.15) is 19.3 Å². The van der Waals surface area contributed by atoms with Crippen molar-refractivity contribution in [2.75, 3.05) is 11.9 Å². The van der Waals surface area contributed by atoms with Crippen LogP contribution in [0.15, 0.2) is 17.2 Å². The smallest absolute Gasteiger partial charge is 0.293 e. The second-order valence-corrected chi connectivity index (χ2v) is 4.97. The molecule has 16 heavy (non-hydrogen) atoms. The van der Waals surface area contributed by atoms with Gasteiger partial charge in [-0.2, -0.15) is 0 Å². The average molecular weight is 242 g/mol. The minimum Gasteiger partial charge on any atom is -0.365 e. The molecule has 0 aromatic carbocycles. The van der Waals surface area contributed by atoms with Gasteiger partial charge in [-0.25, -0.2) is 4.98 Å². The van der Waals surface area contributed by atoms with Crippen LogP contribution >= 0.6 is 11.6 Å². The fourth-order valence-corrected chi connectivity index (χ4v) is 2.44. The number of nitrogens with zero attached hydrogens (tertiary/aromatic N) is 2. The monoisotopic (exact) mass is 241 g/mol. The van der Waals surface area contributed by atoms with Gasteiger partial charge in [0.1, 0.15) is 0 Å². The number of hydrogen-bond acceptors (Lipinski definition) is 3. The molecule has 1 N–H and O–H groups in total. The van der Waals surface area contributed by atoms with Gasteiger partial charge in [0.15, 0.2) is 5.82 Å². The maximum Gasteiger partial charge on any atom is 0.293 e. The predicted octanol–water partition coefficient (Wildman–Crippen LogP) is 1.60. The lowest BCUT2D eigenvalue weighted by atomic mass is 10.1. The second kappa shape index (κ2) is 4.87. The molecule has 0 saturated heterocycles. The summed E-state index contributed by atoms with van der Waals surface area (Å²) in [5.74, 6) is 0.997. The molecule has 2 unspecified atom stereocenters. The third-order valence-corrected chi connectivity index (χ3v) is 3.45. The Balaban J connectivity index is 1.95. The minimum atomic E-state index is -0.0806. The zero-order valence-corrected chi connectivity index (χ0v) is 10.1. The molecule has 0 spiro atoms. The van der Waals surface area contributed by atoms with E-state index in [4.69, 9.17) is 11.6 Å². The molecular weight excluding hydrogens is 226 g/mol. The van der Waals surface area contributed by atoms with Crippen molar-refractivity contribution in [1.29, 1.82) is 0 Å². The lowest BCUT2D eigenvalue weighted by Crippen LogP contribution is -2.24. The molecular formula is C11H16ClN3O. The standard InChI is InChI=1S/C11H16ClN3O/c1-15-5-4-13-10(11(15)16)14-7-8-2-3-9(12)6-8/h4-5,8-9H,2-3,6-7H2,1H3,(H,13,14). The summed E-state index contributed by atoms with van der Waals surface area (Å²) >= 11 is 6.04. The van der Waals surface area contributed by atoms with Gasteiger partial charge in [-0.05, 0) is 25.2 Å². The fourth-order valence-electron chi connectivity index (χ4n) is 2.06. The Morgan fingerprint density at radius 3 is 3.12 bits per heavy atom. The van der Waals surface area contributed by atoms with E-state index in [1.807, 2.05) is 0 Å². The summed E-state index contributed by atoms with van der Waals surface area (Å²) in [6.45, 7) is 0.787. The summed E-state index contributed by atoms with van der Waals surface area (Å²) in [7, 11) is 1.72. The molecule has 0 aliphatic heterocycles. The van der Waals surface area contributed by atoms with Crippen molar-refractivity contribution in [3.8, 4) is 0 Å². The molecule has 1 aliphatic rings. The molecule has 0 radical (unpaired) electrons. The van der Waals surface area contributed by atoms with Crippen molar-refractivity contribution in [2.24, 2.45) is 13.0 Å². The highest BCUT2D eigenvalue weighted by Crippen LogP contribution is 2.29. The molecule has 0 bridgehead atoms. The van der Waals surface area contributed by atoms with Crippen LogP contribution in [-0.2, 0) is 7.05 Å². The predicted molar refractivity (Wildman–Crippen MR) is 64.9 cm³/mol. The molecule has 1 aromatic heterocycles. The van der Waals surface area contributed by atoms with Crippen LogP contribution in [-0.4, -0.2) is 21.5 Å². The molecule has 5 heteroatoms. The maximum absolute atomic E-state index is 11.6. The quantitative estimate of drug-likeness (QED) is 0.818. The maximum atomic E-state index is 11.6. The number of aryl methyl sites for hydroxylation is 1.